The van der Waals surface area contributed by atoms with Gasteiger partial charge in [0.15, 0.2) is 0 Å². The third-order valence-corrected chi connectivity index (χ3v) is 0.882. The zero-order chi connectivity index (χ0) is 7.11. The van der Waals surface area contributed by atoms with Crippen LogP contribution in [0.3, 0.4) is 0 Å². The van der Waals surface area contributed by atoms with Crippen LogP contribution < -0.4 is 5.32 Å². The van der Waals surface area contributed by atoms with Crippen molar-refractivity contribution in [3.8, 4) is 6.57 Å². The SMILES string of the molecule is C#[N+]/C(C)=C\NCC=S. The van der Waals surface area contributed by atoms with Crippen molar-refractivity contribution in [3.05, 3.63) is 16.7 Å². The monoisotopic (exact) mass is 141 g/mol. The van der Waals surface area contributed by atoms with E-state index in [1.807, 2.05) is 0 Å². The van der Waals surface area contributed by atoms with Gasteiger partial charge in [-0.05, 0) is 10.2 Å². The topological polar surface area (TPSA) is 16.4 Å². The van der Waals surface area contributed by atoms with Gasteiger partial charge in [0, 0.05) is 13.5 Å². The predicted octanol–water partition coefficient (Wildman–Crippen LogP) is 1.40. The van der Waals surface area contributed by atoms with Crippen LogP contribution in [0.2, 0.25) is 0 Å². The van der Waals surface area contributed by atoms with Gasteiger partial charge in [0.1, 0.15) is 0 Å². The summed E-state index contributed by atoms with van der Waals surface area (Å²) in [6.07, 6.45) is 1.71. The van der Waals surface area contributed by atoms with Gasteiger partial charge >= 0.3 is 5.70 Å². The molecule has 9 heavy (non-hydrogen) atoms. The van der Waals surface area contributed by atoms with E-state index in [2.05, 4.69) is 22.4 Å². The number of rotatable bonds is 3. The van der Waals surface area contributed by atoms with Crippen LogP contribution in [0.4, 0.5) is 0 Å². The molecule has 0 aromatic carbocycles. The molecule has 0 unspecified atom stereocenters. The van der Waals surface area contributed by atoms with Gasteiger partial charge in [0.25, 0.3) is 6.57 Å². The first-order chi connectivity index (χ1) is 4.31. The molecule has 3 heteroatoms. The average Bonchev–Trinajstić information content (AvgIpc) is 1.89. The number of allylic oxidation sites excluding steroid dienone is 1. The summed E-state index contributed by atoms with van der Waals surface area (Å²) in [6, 6.07) is 0. The highest BCUT2D eigenvalue weighted by Crippen LogP contribution is 1.87. The summed E-state index contributed by atoms with van der Waals surface area (Å²) >= 11 is 4.56. The Kier molecular flexibility index (Phi) is 4.75. The molecule has 0 heterocycles. The Hall–Kier alpha value is -0.880. The first-order valence-electron chi connectivity index (χ1n) is 2.56. The van der Waals surface area contributed by atoms with E-state index in [-0.39, 0.29) is 0 Å². The fraction of sp³-hybridized carbons (Fsp3) is 0.333. The zero-order valence-electron chi connectivity index (χ0n) is 5.29. The zero-order valence-corrected chi connectivity index (χ0v) is 6.11. The average molecular weight is 141 g/mol. The van der Waals surface area contributed by atoms with Crippen LogP contribution in [-0.4, -0.2) is 11.9 Å². The molecule has 0 aliphatic rings. The standard InChI is InChI=1S/C6H9N2S/c1-6(7-2)5-8-3-4-9/h2,4-5,8H,3H2,1H3/q+1/b6-5-. The van der Waals surface area contributed by atoms with Crippen molar-refractivity contribution in [2.24, 2.45) is 0 Å². The van der Waals surface area contributed by atoms with E-state index in [1.165, 1.54) is 0 Å². The van der Waals surface area contributed by atoms with Crippen molar-refractivity contribution in [2.75, 3.05) is 6.54 Å². The number of hydrogen-bond donors (Lipinski definition) is 1. The predicted molar refractivity (Wildman–Crippen MR) is 43.7 cm³/mol. The largest absolute Gasteiger partial charge is 0.381 e. The second-order valence-electron chi connectivity index (χ2n) is 1.49. The Labute approximate surface area is 60.4 Å². The van der Waals surface area contributed by atoms with Crippen molar-refractivity contribution in [1.82, 2.24) is 5.32 Å². The maximum Gasteiger partial charge on any atom is 0.328 e. The highest BCUT2D eigenvalue weighted by Gasteiger charge is 1.90. The minimum absolute atomic E-state index is 0.669. The van der Waals surface area contributed by atoms with E-state index < -0.39 is 0 Å². The molecule has 0 bridgehead atoms. The normalized spacial score (nSPS) is 10.0. The number of nitrogens with one attached hydrogen (secondary N) is 1. The van der Waals surface area contributed by atoms with Crippen molar-refractivity contribution in [2.45, 2.75) is 6.92 Å². The Morgan fingerprint density at radius 1 is 1.89 bits per heavy atom. The summed E-state index contributed by atoms with van der Waals surface area (Å²) in [4.78, 5) is 3.41. The third-order valence-electron chi connectivity index (χ3n) is 0.716. The smallest absolute Gasteiger partial charge is 0.328 e. The van der Waals surface area contributed by atoms with E-state index >= 15 is 0 Å². The van der Waals surface area contributed by atoms with Crippen molar-refractivity contribution >= 4 is 17.6 Å². The molecule has 0 aromatic rings. The molecule has 0 radical (unpaired) electrons. The van der Waals surface area contributed by atoms with Gasteiger partial charge in [0.2, 0.25) is 0 Å². The molecule has 0 fully saturated rings. The summed E-state index contributed by atoms with van der Waals surface area (Å²) in [6.45, 7) is 7.41. The molecule has 0 saturated carbocycles. The van der Waals surface area contributed by atoms with Gasteiger partial charge in [0.05, 0.1) is 6.20 Å². The highest BCUT2D eigenvalue weighted by molar-refractivity contribution is 7.79. The number of nitrogens with zero attached hydrogens (tertiary/aromatic N) is 1. The first kappa shape index (κ1) is 8.12. The Bertz CT molecular complexity index is 155. The second kappa shape index (κ2) is 5.26. The summed E-state index contributed by atoms with van der Waals surface area (Å²) in [7, 11) is 0. The minimum atomic E-state index is 0.669. The minimum Gasteiger partial charge on any atom is -0.381 e. The molecule has 0 aliphatic carbocycles. The van der Waals surface area contributed by atoms with Crippen LogP contribution in [-0.2, 0) is 0 Å². The van der Waals surface area contributed by atoms with Gasteiger partial charge in [-0.2, -0.15) is 0 Å². The molecule has 0 atom stereocenters. The molecular weight excluding hydrogens is 132 g/mol. The Balaban J connectivity index is 3.46. The van der Waals surface area contributed by atoms with E-state index in [4.69, 9.17) is 6.57 Å². The van der Waals surface area contributed by atoms with Crippen molar-refractivity contribution in [3.63, 3.8) is 0 Å². The van der Waals surface area contributed by atoms with Gasteiger partial charge in [-0.15, -0.1) is 0 Å². The number of hydrogen-bond acceptors (Lipinski definition) is 2. The van der Waals surface area contributed by atoms with Crippen LogP contribution in [0.25, 0.3) is 4.85 Å². The van der Waals surface area contributed by atoms with E-state index in [1.54, 1.807) is 18.5 Å². The van der Waals surface area contributed by atoms with E-state index in [0.29, 0.717) is 6.54 Å². The van der Waals surface area contributed by atoms with E-state index in [9.17, 15) is 0 Å². The molecule has 48 valence electrons. The fourth-order valence-electron chi connectivity index (χ4n) is 0.292. The lowest BCUT2D eigenvalue weighted by atomic mass is 10.5. The molecule has 0 aromatic heterocycles. The lowest BCUT2D eigenvalue weighted by Crippen LogP contribution is -2.06. The molecule has 0 spiro atoms. The van der Waals surface area contributed by atoms with Gasteiger partial charge in [-0.3, -0.25) is 0 Å². The molecule has 0 aliphatic heterocycles. The summed E-state index contributed by atoms with van der Waals surface area (Å²) < 4.78 is 0. The van der Waals surface area contributed by atoms with Gasteiger partial charge in [-0.1, -0.05) is 12.2 Å². The van der Waals surface area contributed by atoms with Crippen LogP contribution in [0.5, 0.6) is 0 Å². The number of thiocarbonyl (C=S) groups is 1. The Morgan fingerprint density at radius 3 is 3.00 bits per heavy atom. The molecule has 2 nitrogen and oxygen atoms in total. The van der Waals surface area contributed by atoms with Crippen molar-refractivity contribution in [1.29, 1.82) is 0 Å². The van der Waals surface area contributed by atoms with Gasteiger partial charge < -0.3 is 5.32 Å². The summed E-state index contributed by atoms with van der Waals surface area (Å²) in [5.41, 5.74) is 0.756. The highest BCUT2D eigenvalue weighted by atomic mass is 32.1. The molecule has 0 amide bonds. The van der Waals surface area contributed by atoms with Crippen LogP contribution in [0.15, 0.2) is 11.9 Å². The van der Waals surface area contributed by atoms with E-state index in [0.717, 1.165) is 5.70 Å². The molecular formula is C6H9N2S+. The second-order valence-corrected chi connectivity index (χ2v) is 1.82. The maximum atomic E-state index is 4.93. The van der Waals surface area contributed by atoms with Crippen LogP contribution in [0, 0.1) is 6.57 Å². The molecule has 0 rings (SSSR count). The lowest BCUT2D eigenvalue weighted by Gasteiger charge is -1.85. The maximum absolute atomic E-state index is 4.93. The fourth-order valence-corrected chi connectivity index (χ4v) is 0.388. The lowest BCUT2D eigenvalue weighted by molar-refractivity contribution is 1.02. The third kappa shape index (κ3) is 4.98. The first-order valence-corrected chi connectivity index (χ1v) is 3.03. The summed E-state index contributed by atoms with van der Waals surface area (Å²) in [5, 5.41) is 4.49. The quantitative estimate of drug-likeness (QED) is 0.472. The Morgan fingerprint density at radius 2 is 2.56 bits per heavy atom. The van der Waals surface area contributed by atoms with Crippen molar-refractivity contribution < 1.29 is 0 Å². The van der Waals surface area contributed by atoms with Crippen LogP contribution in [0.1, 0.15) is 6.92 Å². The van der Waals surface area contributed by atoms with Crippen LogP contribution >= 0.6 is 12.2 Å². The molecule has 1 N–H and O–H groups in total. The molecule has 0 saturated heterocycles. The van der Waals surface area contributed by atoms with Gasteiger partial charge in [-0.25, -0.2) is 0 Å². The summed E-state index contributed by atoms with van der Waals surface area (Å²) in [5.74, 6) is 0.